The zero-order valence-electron chi connectivity index (χ0n) is 18.7. The van der Waals surface area contributed by atoms with Gasteiger partial charge in [0.25, 0.3) is 11.5 Å². The molecule has 1 N–H and O–H groups in total. The molecule has 1 atom stereocenters. The normalized spacial score (nSPS) is 12.4. The lowest BCUT2D eigenvalue weighted by Crippen LogP contribution is -2.33. The Labute approximate surface area is 200 Å². The van der Waals surface area contributed by atoms with Crippen molar-refractivity contribution >= 4 is 42.4 Å². The second-order valence-electron chi connectivity index (χ2n) is 7.54. The van der Waals surface area contributed by atoms with E-state index in [1.165, 1.54) is 18.2 Å². The van der Waals surface area contributed by atoms with E-state index in [9.17, 15) is 18.0 Å². The highest BCUT2D eigenvalue weighted by Crippen LogP contribution is 2.28. The number of hydrogen-bond acceptors (Lipinski definition) is 8. The summed E-state index contributed by atoms with van der Waals surface area (Å²) in [6, 6.07) is 13.9. The standard InChI is InChI=1S/C23H22N4O5S2/c1-4-32-16-7-5-15(6-8-16)18-11-12-21(28)27(26-18)14(2)22(29)25-23-24-19-10-9-17(34(3,30)31)13-20(19)33-23/h5-14H,4H2,1-3H3,(H,24,25,29). The summed E-state index contributed by atoms with van der Waals surface area (Å²) in [7, 11) is -3.36. The Hall–Kier alpha value is -3.57. The number of carbonyl (C=O) groups excluding carboxylic acids is 1. The van der Waals surface area contributed by atoms with Gasteiger partial charge in [0.1, 0.15) is 11.8 Å². The topological polar surface area (TPSA) is 120 Å². The summed E-state index contributed by atoms with van der Waals surface area (Å²) >= 11 is 1.15. The SMILES string of the molecule is CCOc1ccc(-c2ccc(=O)n(C(C)C(=O)Nc3nc4ccc(S(C)(=O)=O)cc4s3)n2)cc1. The molecule has 0 saturated heterocycles. The first-order valence-electron chi connectivity index (χ1n) is 10.4. The summed E-state index contributed by atoms with van der Waals surface area (Å²) in [5.41, 5.74) is 1.46. The van der Waals surface area contributed by atoms with Crippen LogP contribution in [0.4, 0.5) is 5.13 Å². The number of thiazole rings is 1. The van der Waals surface area contributed by atoms with Gasteiger partial charge in [0, 0.05) is 17.9 Å². The van der Waals surface area contributed by atoms with Gasteiger partial charge in [-0.3, -0.25) is 9.59 Å². The first kappa shape index (κ1) is 23.6. The van der Waals surface area contributed by atoms with E-state index in [1.807, 2.05) is 31.2 Å². The molecule has 1 unspecified atom stereocenters. The van der Waals surface area contributed by atoms with Gasteiger partial charge in [0.05, 0.1) is 27.4 Å². The summed E-state index contributed by atoms with van der Waals surface area (Å²) in [4.78, 5) is 29.8. The highest BCUT2D eigenvalue weighted by atomic mass is 32.2. The van der Waals surface area contributed by atoms with Gasteiger partial charge in [-0.1, -0.05) is 11.3 Å². The van der Waals surface area contributed by atoms with Crippen molar-refractivity contribution in [1.29, 1.82) is 0 Å². The Morgan fingerprint density at radius 1 is 1.15 bits per heavy atom. The quantitative estimate of drug-likeness (QED) is 0.414. The van der Waals surface area contributed by atoms with Crippen molar-refractivity contribution in [2.24, 2.45) is 0 Å². The number of nitrogens with one attached hydrogen (secondary N) is 1. The van der Waals surface area contributed by atoms with Crippen LogP contribution in [-0.4, -0.2) is 42.0 Å². The highest BCUT2D eigenvalue weighted by Gasteiger charge is 2.20. The average molecular weight is 499 g/mol. The molecule has 2 aromatic carbocycles. The van der Waals surface area contributed by atoms with Crippen molar-refractivity contribution in [2.75, 3.05) is 18.2 Å². The molecule has 0 aliphatic carbocycles. The second-order valence-corrected chi connectivity index (χ2v) is 10.6. The Morgan fingerprint density at radius 2 is 1.88 bits per heavy atom. The van der Waals surface area contributed by atoms with Gasteiger partial charge in [-0.05, 0) is 62.4 Å². The van der Waals surface area contributed by atoms with Gasteiger partial charge in [0.2, 0.25) is 0 Å². The van der Waals surface area contributed by atoms with Gasteiger partial charge >= 0.3 is 0 Å². The van der Waals surface area contributed by atoms with E-state index in [0.29, 0.717) is 27.6 Å². The van der Waals surface area contributed by atoms with Crippen LogP contribution in [0.1, 0.15) is 19.9 Å². The molecule has 0 aliphatic rings. The molecule has 0 aliphatic heterocycles. The zero-order valence-corrected chi connectivity index (χ0v) is 20.3. The molecule has 176 valence electrons. The average Bonchev–Trinajstić information content (AvgIpc) is 3.20. The molecule has 2 heterocycles. The number of anilines is 1. The number of amides is 1. The number of nitrogens with zero attached hydrogens (tertiary/aromatic N) is 3. The van der Waals surface area contributed by atoms with Crippen molar-refractivity contribution in [3.8, 4) is 17.0 Å². The van der Waals surface area contributed by atoms with E-state index in [2.05, 4.69) is 15.4 Å². The number of benzene rings is 2. The minimum atomic E-state index is -3.36. The third-order valence-corrected chi connectivity index (χ3v) is 7.09. The molecule has 0 radical (unpaired) electrons. The molecule has 0 bridgehead atoms. The molecule has 0 fully saturated rings. The molecule has 0 spiro atoms. The molecule has 11 heteroatoms. The lowest BCUT2D eigenvalue weighted by molar-refractivity contribution is -0.119. The fourth-order valence-corrected chi connectivity index (χ4v) is 4.89. The van der Waals surface area contributed by atoms with Crippen LogP contribution in [0.15, 0.2) is 64.3 Å². The van der Waals surface area contributed by atoms with Crippen LogP contribution in [-0.2, 0) is 14.6 Å². The van der Waals surface area contributed by atoms with E-state index >= 15 is 0 Å². The Kier molecular flexibility index (Phi) is 6.49. The molecule has 2 aromatic heterocycles. The van der Waals surface area contributed by atoms with Gasteiger partial charge < -0.3 is 10.1 Å². The maximum absolute atomic E-state index is 12.9. The van der Waals surface area contributed by atoms with E-state index in [-0.39, 0.29) is 4.90 Å². The third-order valence-electron chi connectivity index (χ3n) is 5.05. The van der Waals surface area contributed by atoms with E-state index in [1.54, 1.807) is 19.1 Å². The number of carbonyl (C=O) groups is 1. The fraction of sp³-hybridized carbons (Fsp3) is 0.217. The van der Waals surface area contributed by atoms with Gasteiger partial charge in [-0.2, -0.15) is 5.10 Å². The monoisotopic (exact) mass is 498 g/mol. The zero-order chi connectivity index (χ0) is 24.5. The summed E-state index contributed by atoms with van der Waals surface area (Å²) in [5.74, 6) is 0.257. The maximum atomic E-state index is 12.9. The predicted octanol–water partition coefficient (Wildman–Crippen LogP) is 3.52. The number of sulfone groups is 1. The number of ether oxygens (including phenoxy) is 1. The summed E-state index contributed by atoms with van der Waals surface area (Å²) in [5, 5.41) is 7.38. The van der Waals surface area contributed by atoms with Gasteiger partial charge in [0.15, 0.2) is 15.0 Å². The van der Waals surface area contributed by atoms with Crippen molar-refractivity contribution in [2.45, 2.75) is 24.8 Å². The minimum absolute atomic E-state index is 0.178. The van der Waals surface area contributed by atoms with E-state index in [0.717, 1.165) is 33.6 Å². The smallest absolute Gasteiger partial charge is 0.267 e. The number of rotatable bonds is 7. The lowest BCUT2D eigenvalue weighted by atomic mass is 10.1. The van der Waals surface area contributed by atoms with Crippen LogP contribution in [0.25, 0.3) is 21.5 Å². The predicted molar refractivity (Wildman–Crippen MR) is 131 cm³/mol. The molecule has 9 nitrogen and oxygen atoms in total. The van der Waals surface area contributed by atoms with Crippen molar-refractivity contribution in [1.82, 2.24) is 14.8 Å². The van der Waals surface area contributed by atoms with Crippen LogP contribution in [0.3, 0.4) is 0 Å². The summed E-state index contributed by atoms with van der Waals surface area (Å²) in [6.45, 7) is 4.03. The number of hydrogen-bond donors (Lipinski definition) is 1. The highest BCUT2D eigenvalue weighted by molar-refractivity contribution is 7.90. The van der Waals surface area contributed by atoms with Crippen LogP contribution in [0.2, 0.25) is 0 Å². The van der Waals surface area contributed by atoms with Gasteiger partial charge in [-0.15, -0.1) is 0 Å². The molecule has 0 saturated carbocycles. The minimum Gasteiger partial charge on any atom is -0.494 e. The van der Waals surface area contributed by atoms with Crippen molar-refractivity contribution in [3.05, 3.63) is 65.0 Å². The first-order valence-corrected chi connectivity index (χ1v) is 13.1. The largest absolute Gasteiger partial charge is 0.494 e. The Balaban J connectivity index is 1.56. The molecule has 4 aromatic rings. The lowest BCUT2D eigenvalue weighted by Gasteiger charge is -2.14. The van der Waals surface area contributed by atoms with Crippen molar-refractivity contribution < 1.29 is 17.9 Å². The molecule has 34 heavy (non-hydrogen) atoms. The number of fused-ring (bicyclic) bond motifs is 1. The summed E-state index contributed by atoms with van der Waals surface area (Å²) in [6.07, 6.45) is 1.13. The van der Waals surface area contributed by atoms with E-state index in [4.69, 9.17) is 4.74 Å². The fourth-order valence-electron chi connectivity index (χ4n) is 3.26. The molecular weight excluding hydrogens is 476 g/mol. The van der Waals surface area contributed by atoms with E-state index < -0.39 is 27.3 Å². The molecular formula is C23H22N4O5S2. The van der Waals surface area contributed by atoms with Crippen molar-refractivity contribution in [3.63, 3.8) is 0 Å². The second kappa shape index (κ2) is 9.35. The first-order chi connectivity index (χ1) is 16.2. The van der Waals surface area contributed by atoms with Gasteiger partial charge in [-0.25, -0.2) is 18.1 Å². The van der Waals surface area contributed by atoms with Crippen LogP contribution in [0.5, 0.6) is 5.75 Å². The van der Waals surface area contributed by atoms with Crippen LogP contribution < -0.4 is 15.6 Å². The van der Waals surface area contributed by atoms with Crippen LogP contribution >= 0.6 is 11.3 Å². The summed E-state index contributed by atoms with van der Waals surface area (Å²) < 4.78 is 30.8. The Bertz CT molecular complexity index is 1530. The molecule has 4 rings (SSSR count). The third kappa shape index (κ3) is 5.00. The molecule has 1 amide bonds. The Morgan fingerprint density at radius 3 is 2.56 bits per heavy atom. The maximum Gasteiger partial charge on any atom is 0.267 e. The number of aromatic nitrogens is 3. The van der Waals surface area contributed by atoms with Crippen LogP contribution in [0, 0.1) is 0 Å².